The second-order valence-electron chi connectivity index (χ2n) is 8.88. The summed E-state index contributed by atoms with van der Waals surface area (Å²) in [5.74, 6) is 0.469. The number of amidine groups is 1. The number of sulfonamides is 1. The van der Waals surface area contributed by atoms with Crippen LogP contribution >= 0.6 is 11.3 Å². The van der Waals surface area contributed by atoms with Crippen LogP contribution in [0, 0.1) is 11.8 Å². The molecule has 0 bridgehead atoms. The predicted molar refractivity (Wildman–Crippen MR) is 126 cm³/mol. The Kier molecular flexibility index (Phi) is 6.64. The first-order valence-corrected chi connectivity index (χ1v) is 13.3. The van der Waals surface area contributed by atoms with Gasteiger partial charge in [0.2, 0.25) is 0 Å². The lowest BCUT2D eigenvalue weighted by molar-refractivity contribution is -0.118. The summed E-state index contributed by atoms with van der Waals surface area (Å²) in [6.07, 6.45) is 2.48. The molecule has 2 atom stereocenters. The molecule has 1 aromatic carbocycles. The molecule has 1 amide bonds. The van der Waals surface area contributed by atoms with Crippen molar-refractivity contribution in [3.05, 3.63) is 40.9 Å². The fourth-order valence-corrected chi connectivity index (χ4v) is 6.10. The second kappa shape index (κ2) is 9.29. The smallest absolute Gasteiger partial charge is 0.263 e. The Hall–Kier alpha value is -2.30. The van der Waals surface area contributed by atoms with Gasteiger partial charge in [0.25, 0.3) is 15.9 Å². The van der Waals surface area contributed by atoms with Crippen LogP contribution in [-0.2, 0) is 21.4 Å². The fourth-order valence-electron chi connectivity index (χ4n) is 4.16. The average molecular weight is 476 g/mol. The topological polar surface area (TPSA) is 104 Å². The SMILES string of the molecule is CC1CCCN(Cc2csc(NC(=O)[C@@H](N=C3NS(=O)(=O)c4ccccc43)C(C)C)n2)C1. The molecule has 10 heteroatoms. The van der Waals surface area contributed by atoms with Gasteiger partial charge in [-0.05, 0) is 43.4 Å². The maximum absolute atomic E-state index is 13.0. The zero-order valence-corrected chi connectivity index (χ0v) is 20.2. The zero-order valence-electron chi connectivity index (χ0n) is 18.5. The number of nitrogens with zero attached hydrogens (tertiary/aromatic N) is 3. The Morgan fingerprint density at radius 3 is 2.91 bits per heavy atom. The Labute approximate surface area is 193 Å². The number of likely N-dealkylation sites (tertiary alicyclic amines) is 1. The highest BCUT2D eigenvalue weighted by molar-refractivity contribution is 7.90. The minimum absolute atomic E-state index is 0.131. The quantitative estimate of drug-likeness (QED) is 0.668. The van der Waals surface area contributed by atoms with Gasteiger partial charge in [-0.25, -0.2) is 13.4 Å². The van der Waals surface area contributed by atoms with E-state index in [0.29, 0.717) is 16.6 Å². The van der Waals surface area contributed by atoms with Crippen molar-refractivity contribution in [1.29, 1.82) is 0 Å². The summed E-state index contributed by atoms with van der Waals surface area (Å²) in [5, 5.41) is 5.39. The highest BCUT2D eigenvalue weighted by atomic mass is 32.2. The first-order chi connectivity index (χ1) is 15.2. The van der Waals surface area contributed by atoms with Crippen LogP contribution in [-0.4, -0.2) is 49.2 Å². The largest absolute Gasteiger partial charge is 0.300 e. The molecule has 1 unspecified atom stereocenters. The van der Waals surface area contributed by atoms with Gasteiger partial charge in [-0.3, -0.25) is 19.4 Å². The lowest BCUT2D eigenvalue weighted by Gasteiger charge is -2.30. The molecule has 1 saturated heterocycles. The molecule has 0 saturated carbocycles. The number of rotatable bonds is 6. The van der Waals surface area contributed by atoms with Gasteiger partial charge >= 0.3 is 0 Å². The van der Waals surface area contributed by atoms with Gasteiger partial charge in [-0.1, -0.05) is 32.9 Å². The van der Waals surface area contributed by atoms with E-state index in [2.05, 4.69) is 31.8 Å². The summed E-state index contributed by atoms with van der Waals surface area (Å²) in [6, 6.07) is 5.88. The van der Waals surface area contributed by atoms with E-state index >= 15 is 0 Å². The van der Waals surface area contributed by atoms with Crippen LogP contribution in [0.5, 0.6) is 0 Å². The molecule has 2 N–H and O–H groups in total. The van der Waals surface area contributed by atoms with Crippen LogP contribution in [0.2, 0.25) is 0 Å². The third-order valence-electron chi connectivity index (χ3n) is 5.74. The van der Waals surface area contributed by atoms with Gasteiger partial charge in [0.1, 0.15) is 11.9 Å². The maximum atomic E-state index is 13.0. The molecule has 2 aliphatic rings. The molecule has 3 heterocycles. The Balaban J connectivity index is 1.47. The van der Waals surface area contributed by atoms with Crippen LogP contribution in [0.4, 0.5) is 5.13 Å². The third-order valence-corrected chi connectivity index (χ3v) is 7.94. The summed E-state index contributed by atoms with van der Waals surface area (Å²) in [7, 11) is -3.65. The predicted octanol–water partition coefficient (Wildman–Crippen LogP) is 3.08. The van der Waals surface area contributed by atoms with Crippen LogP contribution in [0.15, 0.2) is 39.5 Å². The summed E-state index contributed by atoms with van der Waals surface area (Å²) >= 11 is 1.40. The van der Waals surface area contributed by atoms with E-state index in [1.54, 1.807) is 18.2 Å². The molecule has 32 heavy (non-hydrogen) atoms. The van der Waals surface area contributed by atoms with E-state index in [4.69, 9.17) is 0 Å². The minimum atomic E-state index is -3.65. The third kappa shape index (κ3) is 5.02. The first kappa shape index (κ1) is 22.9. The normalized spacial score (nSPS) is 22.5. The minimum Gasteiger partial charge on any atom is -0.300 e. The Morgan fingerprint density at radius 1 is 1.38 bits per heavy atom. The van der Waals surface area contributed by atoms with Gasteiger partial charge in [-0.15, -0.1) is 11.3 Å². The summed E-state index contributed by atoms with van der Waals surface area (Å²) in [4.78, 5) is 24.7. The van der Waals surface area contributed by atoms with Crippen LogP contribution in [0.1, 0.15) is 44.9 Å². The number of aromatic nitrogens is 1. The number of piperidine rings is 1. The summed E-state index contributed by atoms with van der Waals surface area (Å²) in [6.45, 7) is 8.97. The van der Waals surface area contributed by atoms with Crippen LogP contribution in [0.3, 0.4) is 0 Å². The molecule has 1 fully saturated rings. The molecular formula is C22H29N5O3S2. The molecule has 4 rings (SSSR count). The molecule has 1 aromatic heterocycles. The van der Waals surface area contributed by atoms with Gasteiger partial charge in [0, 0.05) is 24.0 Å². The molecule has 2 aliphatic heterocycles. The number of hydrogen-bond acceptors (Lipinski definition) is 7. The van der Waals surface area contributed by atoms with E-state index in [-0.39, 0.29) is 22.6 Å². The van der Waals surface area contributed by atoms with Crippen molar-refractivity contribution in [2.75, 3.05) is 18.4 Å². The number of aliphatic imine (C=N–C) groups is 1. The van der Waals surface area contributed by atoms with Crippen molar-refractivity contribution in [2.45, 2.75) is 51.1 Å². The maximum Gasteiger partial charge on any atom is 0.263 e. The van der Waals surface area contributed by atoms with Crippen molar-refractivity contribution in [3.63, 3.8) is 0 Å². The molecule has 2 aromatic rings. The Bertz CT molecular complexity index is 1130. The van der Waals surface area contributed by atoms with Gasteiger partial charge in [0.05, 0.1) is 10.6 Å². The zero-order chi connectivity index (χ0) is 22.9. The van der Waals surface area contributed by atoms with E-state index in [1.807, 2.05) is 19.2 Å². The van der Waals surface area contributed by atoms with Gasteiger partial charge in [0.15, 0.2) is 5.13 Å². The molecule has 0 radical (unpaired) electrons. The lowest BCUT2D eigenvalue weighted by atomic mass is 10.0. The van der Waals surface area contributed by atoms with Gasteiger partial charge < -0.3 is 5.32 Å². The fraction of sp³-hybridized carbons (Fsp3) is 0.500. The van der Waals surface area contributed by atoms with Crippen molar-refractivity contribution < 1.29 is 13.2 Å². The molecule has 172 valence electrons. The Morgan fingerprint density at radius 2 is 2.16 bits per heavy atom. The highest BCUT2D eigenvalue weighted by Gasteiger charge is 2.32. The monoisotopic (exact) mass is 475 g/mol. The summed E-state index contributed by atoms with van der Waals surface area (Å²) < 4.78 is 27.2. The van der Waals surface area contributed by atoms with E-state index in [1.165, 1.54) is 30.2 Å². The number of hydrogen-bond donors (Lipinski definition) is 2. The number of benzene rings is 1. The van der Waals surface area contributed by atoms with Crippen LogP contribution < -0.4 is 10.0 Å². The lowest BCUT2D eigenvalue weighted by Crippen LogP contribution is -2.34. The van der Waals surface area contributed by atoms with Gasteiger partial charge in [-0.2, -0.15) is 0 Å². The second-order valence-corrected chi connectivity index (χ2v) is 11.4. The number of carbonyl (C=O) groups excluding carboxylic acids is 1. The molecule has 0 spiro atoms. The number of fused-ring (bicyclic) bond motifs is 1. The van der Waals surface area contributed by atoms with E-state index in [9.17, 15) is 13.2 Å². The first-order valence-electron chi connectivity index (χ1n) is 10.9. The standard InChI is InChI=1S/C22H29N5O3S2/c1-14(2)19(24-20-17-8-4-5-9-18(17)32(29,30)26-20)21(28)25-22-23-16(13-31-22)12-27-10-6-7-15(3)11-27/h4-5,8-9,13-15,19H,6-7,10-12H2,1-3H3,(H,24,26)(H,23,25,28)/t15?,19-/m0/s1. The highest BCUT2D eigenvalue weighted by Crippen LogP contribution is 2.25. The van der Waals surface area contributed by atoms with Crippen LogP contribution in [0.25, 0.3) is 0 Å². The number of thiazole rings is 1. The van der Waals surface area contributed by atoms with Crippen molar-refractivity contribution in [3.8, 4) is 0 Å². The molecule has 0 aliphatic carbocycles. The number of anilines is 1. The number of carbonyl (C=O) groups is 1. The van der Waals surface area contributed by atoms with Crippen molar-refractivity contribution in [2.24, 2.45) is 16.8 Å². The van der Waals surface area contributed by atoms with Crippen molar-refractivity contribution >= 4 is 38.2 Å². The average Bonchev–Trinajstić information content (AvgIpc) is 3.27. The number of amides is 1. The number of nitrogens with one attached hydrogen (secondary N) is 2. The van der Waals surface area contributed by atoms with E-state index < -0.39 is 16.1 Å². The summed E-state index contributed by atoms with van der Waals surface area (Å²) in [5.41, 5.74) is 1.43. The molecule has 8 nitrogen and oxygen atoms in total. The molecular weight excluding hydrogens is 446 g/mol. The van der Waals surface area contributed by atoms with Crippen molar-refractivity contribution in [1.82, 2.24) is 14.6 Å². The van der Waals surface area contributed by atoms with E-state index in [0.717, 1.165) is 25.3 Å².